The number of hydrogen-bond donors (Lipinski definition) is 1. The lowest BCUT2D eigenvalue weighted by atomic mass is 10.3. The van der Waals surface area contributed by atoms with Crippen molar-refractivity contribution in [3.05, 3.63) is 237 Å². The summed E-state index contributed by atoms with van der Waals surface area (Å²) in [6, 6.07) is 74.1. The maximum atomic E-state index is 8.10. The highest BCUT2D eigenvalue weighted by Crippen LogP contribution is 2.48. The predicted molar refractivity (Wildman–Crippen MR) is 272 cm³/mol. The zero-order valence-corrected chi connectivity index (χ0v) is 44.5. The Morgan fingerprint density at radius 2 is 0.348 bits per heavy atom. The summed E-state index contributed by atoms with van der Waals surface area (Å²) in [6.07, 6.45) is 0. The second-order valence-electron chi connectivity index (χ2n) is 16.9. The zero-order chi connectivity index (χ0) is 46.3. The van der Waals surface area contributed by atoms with Gasteiger partial charge in [-0.05, 0) is 12.1 Å². The van der Waals surface area contributed by atoms with Crippen LogP contribution in [0.25, 0.3) is 0 Å². The van der Waals surface area contributed by atoms with E-state index in [1.165, 1.54) is 0 Å². The topological polar surface area (TPSA) is 137 Å². The molecule has 2 N–H and O–H groups in total. The van der Waals surface area contributed by atoms with Gasteiger partial charge < -0.3 is 55.1 Å². The molecule has 14 rings (SSSR count). The second-order valence-corrected chi connectivity index (χ2v) is 40.2. The van der Waals surface area contributed by atoms with E-state index in [0.717, 1.165) is 0 Å². The molecule has 0 aliphatic carbocycles. The fraction of sp³-hybridized carbons (Fsp3) is 0. The summed E-state index contributed by atoms with van der Waals surface area (Å²) in [5.74, 6) is 0. The number of hydrogen-bond acceptors (Lipinski definition) is 13. The third kappa shape index (κ3) is 7.11. The quantitative estimate of drug-likeness (QED) is 0.177. The summed E-state index contributed by atoms with van der Waals surface area (Å²) in [5, 5.41) is 4.30. The molecule has 6 saturated heterocycles. The normalized spacial score (nSPS) is 33.3. The molecule has 0 radical (unpaired) electrons. The summed E-state index contributed by atoms with van der Waals surface area (Å²) in [7, 11) is -38.3. The first-order valence-electron chi connectivity index (χ1n) is 22.4. The minimum atomic E-state index is -4.84. The van der Waals surface area contributed by atoms with Gasteiger partial charge in [0.25, 0.3) is 0 Å². The third-order valence-corrected chi connectivity index (χ3v) is 46.5. The summed E-state index contributed by atoms with van der Waals surface area (Å²) in [5.41, 5.74) is 7.17. The highest BCUT2D eigenvalue weighted by atomic mass is 28.6. The Kier molecular flexibility index (Phi) is 10.4. The van der Waals surface area contributed by atoms with Gasteiger partial charge in [0, 0.05) is 47.2 Å². The molecule has 0 unspecified atom stereocenters. The van der Waals surface area contributed by atoms with Gasteiger partial charge in [-0.1, -0.05) is 224 Å². The number of nitrogens with two attached hydrogens (primary N) is 1. The number of nitrogen functional groups attached to an aromatic ring is 1. The molecule has 8 aromatic rings. The highest BCUT2D eigenvalue weighted by Gasteiger charge is 2.86. The van der Waals surface area contributed by atoms with E-state index in [-0.39, 0.29) is 0 Å². The van der Waals surface area contributed by atoms with Crippen molar-refractivity contribution < 1.29 is 49.4 Å². The van der Waals surface area contributed by atoms with Crippen LogP contribution in [0, 0.1) is 0 Å². The number of anilines is 1. The van der Waals surface area contributed by atoms with Gasteiger partial charge in [-0.2, -0.15) is 0 Å². The van der Waals surface area contributed by atoms with E-state index in [2.05, 4.69) is 0 Å². The van der Waals surface area contributed by atoms with Crippen molar-refractivity contribution in [2.75, 3.05) is 5.73 Å². The Balaban J connectivity index is 1.26. The van der Waals surface area contributed by atoms with Crippen LogP contribution in [0.3, 0.4) is 0 Å². The van der Waals surface area contributed by atoms with Crippen LogP contribution in [-0.4, -0.2) is 70.4 Å². The zero-order valence-electron chi connectivity index (χ0n) is 36.5. The Hall–Kier alpha value is -5.18. The minimum Gasteiger partial charge on any atom is -0.399 e. The molecular weight excluding hydrogens is 1010 g/mol. The van der Waals surface area contributed by atoms with Gasteiger partial charge in [-0.3, -0.25) is 0 Å². The molecule has 0 spiro atoms. The van der Waals surface area contributed by atoms with E-state index in [1.54, 1.807) is 12.1 Å². The SMILES string of the molecule is Nc1cccc([Si]23O[Si]4(c5ccccc5)O[Si]5(c6ccccc6)O[Si]6(c7ccccc7)O[Si](c7ccccc7)(O4)O[Si](c4ccccc4)(O[Si](c4ccccc4)(O6)O[Si](c4ccccc4)(O5)O2)O3)c1. The molecule has 6 heterocycles. The largest absolute Gasteiger partial charge is 0.515 e. The fourth-order valence-electron chi connectivity index (χ4n) is 9.26. The summed E-state index contributed by atoms with van der Waals surface area (Å²) in [4.78, 5) is 0. The van der Waals surface area contributed by atoms with Crippen LogP contribution < -0.4 is 47.2 Å². The van der Waals surface area contributed by atoms with Crippen LogP contribution in [0.5, 0.6) is 0 Å². The van der Waals surface area contributed by atoms with Crippen molar-refractivity contribution in [2.24, 2.45) is 0 Å². The van der Waals surface area contributed by atoms with Crippen molar-refractivity contribution in [2.45, 2.75) is 0 Å². The summed E-state index contributed by atoms with van der Waals surface area (Å²) in [6.45, 7) is 0. The van der Waals surface area contributed by atoms with Gasteiger partial charge in [0.05, 0.1) is 0 Å². The molecule has 6 aliphatic rings. The molecule has 0 saturated carbocycles. The average Bonchev–Trinajstić information content (AvgIpc) is 3.37. The second kappa shape index (κ2) is 16.4. The number of rotatable bonds is 8. The van der Waals surface area contributed by atoms with Crippen LogP contribution in [-0.2, 0) is 49.4 Å². The van der Waals surface area contributed by atoms with Crippen LogP contribution in [0.15, 0.2) is 237 Å². The summed E-state index contributed by atoms with van der Waals surface area (Å²) >= 11 is 0. The summed E-state index contributed by atoms with van der Waals surface area (Å²) < 4.78 is 97.2. The first kappa shape index (κ1) is 43.8. The Morgan fingerprint density at radius 1 is 0.188 bits per heavy atom. The van der Waals surface area contributed by atoms with E-state index in [9.17, 15) is 0 Å². The number of benzene rings is 8. The van der Waals surface area contributed by atoms with Crippen LogP contribution >= 0.6 is 0 Å². The first-order valence-corrected chi connectivity index (χ1v) is 36.2. The maximum Gasteiger partial charge on any atom is 0.515 e. The van der Waals surface area contributed by atoms with Gasteiger partial charge in [-0.15, -0.1) is 0 Å². The lowest BCUT2D eigenvalue weighted by Crippen LogP contribution is -2.96. The molecule has 6 fully saturated rings. The van der Waals surface area contributed by atoms with Crippen molar-refractivity contribution >= 4 is 118 Å². The van der Waals surface area contributed by atoms with E-state index < -0.39 is 70.4 Å². The fourth-order valence-corrected chi connectivity index (χ4v) is 55.4. The third-order valence-electron chi connectivity index (χ3n) is 12.4. The molecule has 342 valence electrons. The average molecular weight is 1050 g/mol. The smallest absolute Gasteiger partial charge is 0.399 e. The molecule has 0 aromatic heterocycles. The first-order chi connectivity index (χ1) is 33.7. The molecular formula is C48H41NO12Si8. The molecule has 8 bridgehead atoms. The predicted octanol–water partition coefficient (Wildman–Crippen LogP) is 2.60. The molecule has 0 amide bonds. The van der Waals surface area contributed by atoms with E-state index in [0.29, 0.717) is 47.2 Å². The maximum absolute atomic E-state index is 8.10. The molecule has 69 heavy (non-hydrogen) atoms. The van der Waals surface area contributed by atoms with Crippen LogP contribution in [0.2, 0.25) is 0 Å². The minimum absolute atomic E-state index is 0.424. The molecule has 13 nitrogen and oxygen atoms in total. The highest BCUT2D eigenvalue weighted by molar-refractivity contribution is 7.14. The Bertz CT molecular complexity index is 2860. The van der Waals surface area contributed by atoms with Gasteiger partial charge in [0.2, 0.25) is 0 Å². The lowest BCUT2D eigenvalue weighted by Gasteiger charge is -2.62. The lowest BCUT2D eigenvalue weighted by molar-refractivity contribution is -0.00296. The van der Waals surface area contributed by atoms with E-state index in [4.69, 9.17) is 55.1 Å². The van der Waals surface area contributed by atoms with E-state index >= 15 is 0 Å². The van der Waals surface area contributed by atoms with E-state index in [1.807, 2.05) is 224 Å². The van der Waals surface area contributed by atoms with Gasteiger partial charge in [0.15, 0.2) is 0 Å². The van der Waals surface area contributed by atoms with Crippen molar-refractivity contribution in [3.8, 4) is 0 Å². The monoisotopic (exact) mass is 1050 g/mol. The van der Waals surface area contributed by atoms with Gasteiger partial charge in [-0.25, -0.2) is 0 Å². The molecule has 8 aromatic carbocycles. The molecule has 21 heteroatoms. The van der Waals surface area contributed by atoms with Gasteiger partial charge >= 0.3 is 70.4 Å². The molecule has 6 aliphatic heterocycles. The standard InChI is InChI=1S/C48H41NO12Si8/c49-40-23-22-38-48(39-40)69-59-66(45-32-16-5-17-33-45)53-63(42-26-10-2-11-27-42)50-62(41-24-8-1-9-25-41)51-64(55-66,43-28-12-3-13-29-43)57-68(61-69,47-36-20-7-21-37-47)58-65(52-62,44-30-14-4-15-31-44)56-67(54-63,60-69)46-34-18-6-19-35-46/h1-39H,49H2. The Morgan fingerprint density at radius 3 is 0.522 bits per heavy atom. The van der Waals surface area contributed by atoms with Crippen LogP contribution in [0.4, 0.5) is 5.69 Å². The van der Waals surface area contributed by atoms with Gasteiger partial charge in [0.1, 0.15) is 0 Å². The Labute approximate surface area is 407 Å². The molecule has 0 atom stereocenters. The van der Waals surface area contributed by atoms with Crippen molar-refractivity contribution in [3.63, 3.8) is 0 Å². The van der Waals surface area contributed by atoms with Crippen molar-refractivity contribution in [1.82, 2.24) is 0 Å². The van der Waals surface area contributed by atoms with Crippen molar-refractivity contribution in [1.29, 1.82) is 0 Å². The van der Waals surface area contributed by atoms with Crippen LogP contribution in [0.1, 0.15) is 0 Å².